The molecular weight excluding hydrogens is 509 g/mol. The molecule has 33 heavy (non-hydrogen) atoms. The van der Waals surface area contributed by atoms with E-state index < -0.39 is 23.8 Å². The molecular formula is C19H13Cl2F4N5O2S. The van der Waals surface area contributed by atoms with Crippen molar-refractivity contribution in [1.29, 1.82) is 0 Å². The summed E-state index contributed by atoms with van der Waals surface area (Å²) in [6, 6.07) is 3.18. The maximum absolute atomic E-state index is 14.4. The Bertz CT molecular complexity index is 1330. The molecule has 0 radical (unpaired) electrons. The fourth-order valence-corrected chi connectivity index (χ4v) is 4.23. The highest BCUT2D eigenvalue weighted by atomic mass is 35.5. The molecule has 0 aliphatic carbocycles. The van der Waals surface area contributed by atoms with Gasteiger partial charge in [0.15, 0.2) is 22.2 Å². The molecule has 1 unspecified atom stereocenters. The second kappa shape index (κ2) is 9.03. The molecule has 0 aliphatic heterocycles. The van der Waals surface area contributed by atoms with Crippen LogP contribution in [0, 0.1) is 5.82 Å². The van der Waals surface area contributed by atoms with Gasteiger partial charge in [-0.2, -0.15) is 13.2 Å². The number of hydrogen-bond acceptors (Lipinski definition) is 7. The summed E-state index contributed by atoms with van der Waals surface area (Å²) < 4.78 is 59.9. The van der Waals surface area contributed by atoms with Gasteiger partial charge in [0.1, 0.15) is 16.9 Å². The highest BCUT2D eigenvalue weighted by molar-refractivity contribution is 7.18. The molecule has 3 heterocycles. The number of rotatable bonds is 6. The van der Waals surface area contributed by atoms with Gasteiger partial charge >= 0.3 is 6.18 Å². The highest BCUT2D eigenvalue weighted by Gasteiger charge is 2.32. The van der Waals surface area contributed by atoms with Crippen molar-refractivity contribution in [2.45, 2.75) is 18.8 Å². The lowest BCUT2D eigenvalue weighted by molar-refractivity contribution is -0.137. The zero-order chi connectivity index (χ0) is 23.9. The van der Waals surface area contributed by atoms with Crippen LogP contribution in [0.1, 0.15) is 12.0 Å². The first-order chi connectivity index (χ1) is 15.5. The number of halogens is 6. The van der Waals surface area contributed by atoms with Crippen LogP contribution in [0.25, 0.3) is 26.9 Å². The van der Waals surface area contributed by atoms with Crippen LogP contribution in [0.5, 0.6) is 5.75 Å². The van der Waals surface area contributed by atoms with E-state index in [1.54, 1.807) is 0 Å². The first-order valence-electron chi connectivity index (χ1n) is 9.18. The summed E-state index contributed by atoms with van der Waals surface area (Å²) in [7, 11) is 0. The fourth-order valence-electron chi connectivity index (χ4n) is 2.84. The van der Waals surface area contributed by atoms with Gasteiger partial charge in [0, 0.05) is 30.4 Å². The molecule has 174 valence electrons. The summed E-state index contributed by atoms with van der Waals surface area (Å²) in [5, 5.41) is 17.5. The highest BCUT2D eigenvalue weighted by Crippen LogP contribution is 2.38. The van der Waals surface area contributed by atoms with Crippen LogP contribution < -0.4 is 10.5 Å². The number of nitrogens with two attached hydrogens (primary N) is 1. The van der Waals surface area contributed by atoms with E-state index in [0.29, 0.717) is 0 Å². The zero-order valence-electron chi connectivity index (χ0n) is 16.3. The van der Waals surface area contributed by atoms with Crippen molar-refractivity contribution in [3.63, 3.8) is 0 Å². The van der Waals surface area contributed by atoms with Crippen LogP contribution in [0.4, 0.5) is 17.6 Å². The zero-order valence-corrected chi connectivity index (χ0v) is 18.6. The van der Waals surface area contributed by atoms with Crippen molar-refractivity contribution < 1.29 is 27.4 Å². The number of benzene rings is 1. The van der Waals surface area contributed by atoms with Crippen molar-refractivity contribution >= 4 is 40.2 Å². The number of nitrogens with zero attached hydrogens (tertiary/aromatic N) is 4. The topological polar surface area (TPSA) is 98.6 Å². The number of hydrogen-bond donors (Lipinski definition) is 2. The molecule has 3 N–H and O–H groups in total. The monoisotopic (exact) mass is 521 g/mol. The molecule has 0 saturated heterocycles. The maximum atomic E-state index is 14.4. The Balaban J connectivity index is 1.63. The summed E-state index contributed by atoms with van der Waals surface area (Å²) in [6.45, 7) is -0.0142. The normalized spacial score (nSPS) is 13.0. The van der Waals surface area contributed by atoms with Gasteiger partial charge in [-0.1, -0.05) is 34.5 Å². The van der Waals surface area contributed by atoms with E-state index in [1.165, 1.54) is 12.3 Å². The van der Waals surface area contributed by atoms with E-state index in [4.69, 9.17) is 38.8 Å². The van der Waals surface area contributed by atoms with Crippen LogP contribution >= 0.6 is 34.5 Å². The summed E-state index contributed by atoms with van der Waals surface area (Å²) in [5.41, 5.74) is 4.88. The van der Waals surface area contributed by atoms with Crippen molar-refractivity contribution in [1.82, 2.24) is 19.6 Å². The molecule has 0 bridgehead atoms. The van der Waals surface area contributed by atoms with E-state index in [1.807, 2.05) is 0 Å². The summed E-state index contributed by atoms with van der Waals surface area (Å²) in [5.74, 6) is -0.832. The van der Waals surface area contributed by atoms with Crippen molar-refractivity contribution in [2.75, 3.05) is 6.61 Å². The predicted octanol–water partition coefficient (Wildman–Crippen LogP) is 5.03. The minimum absolute atomic E-state index is 0.0142. The number of fused-ring (bicyclic) bond motifs is 1. The van der Waals surface area contributed by atoms with Crippen LogP contribution in [-0.2, 0) is 6.18 Å². The number of aliphatic hydroxyl groups excluding tert-OH is 1. The van der Waals surface area contributed by atoms with Crippen LogP contribution in [0.3, 0.4) is 0 Å². The van der Waals surface area contributed by atoms with Gasteiger partial charge in [0.05, 0.1) is 22.2 Å². The lowest BCUT2D eigenvalue weighted by Crippen LogP contribution is -2.21. The number of ether oxygens (including phenoxy) is 1. The Morgan fingerprint density at radius 3 is 2.55 bits per heavy atom. The van der Waals surface area contributed by atoms with Crippen molar-refractivity contribution in [3.05, 3.63) is 52.0 Å². The molecule has 4 aromatic rings. The van der Waals surface area contributed by atoms with E-state index >= 15 is 0 Å². The van der Waals surface area contributed by atoms with Gasteiger partial charge in [-0.25, -0.2) is 9.37 Å². The van der Waals surface area contributed by atoms with E-state index in [0.717, 1.165) is 34.1 Å². The minimum atomic E-state index is -4.57. The Morgan fingerprint density at radius 1 is 1.12 bits per heavy atom. The lowest BCUT2D eigenvalue weighted by Gasteiger charge is -2.10. The second-order valence-corrected chi connectivity index (χ2v) is 8.60. The molecule has 4 rings (SSSR count). The standard InChI is InChI=1S/C19H13Cl2F4N5O2S/c20-10-5-14(32-2-1-15(26)31)12(22)4-9(10)17-28-29-18(33-17)13-7-30-6-8(19(23,24)25)3-11(21)16(30)27-13/h3-7,15,31H,1-2,26H2. The van der Waals surface area contributed by atoms with Gasteiger partial charge in [0.25, 0.3) is 0 Å². The summed E-state index contributed by atoms with van der Waals surface area (Å²) in [6.07, 6.45) is -3.34. The van der Waals surface area contributed by atoms with Gasteiger partial charge in [-0.05, 0) is 12.1 Å². The molecule has 3 aromatic heterocycles. The van der Waals surface area contributed by atoms with Gasteiger partial charge < -0.3 is 20.0 Å². The number of aromatic nitrogens is 4. The number of imidazole rings is 1. The van der Waals surface area contributed by atoms with Gasteiger partial charge in [0.2, 0.25) is 0 Å². The number of pyridine rings is 1. The average Bonchev–Trinajstić information content (AvgIpc) is 3.36. The molecule has 14 heteroatoms. The molecule has 1 aromatic carbocycles. The first-order valence-corrected chi connectivity index (χ1v) is 10.8. The Kier molecular flexibility index (Phi) is 6.47. The second-order valence-electron chi connectivity index (χ2n) is 6.81. The molecule has 1 atom stereocenters. The predicted molar refractivity (Wildman–Crippen MR) is 115 cm³/mol. The smallest absolute Gasteiger partial charge is 0.417 e. The molecule has 7 nitrogen and oxygen atoms in total. The quantitative estimate of drug-likeness (QED) is 0.272. The van der Waals surface area contributed by atoms with E-state index in [-0.39, 0.29) is 55.7 Å². The Hall–Kier alpha value is -2.51. The van der Waals surface area contributed by atoms with Crippen LogP contribution in [-0.4, -0.2) is 37.5 Å². The van der Waals surface area contributed by atoms with Crippen molar-refractivity contribution in [3.8, 4) is 27.0 Å². The Labute approximate surface area is 197 Å². The Morgan fingerprint density at radius 2 is 1.85 bits per heavy atom. The third kappa shape index (κ3) is 5.04. The third-order valence-electron chi connectivity index (χ3n) is 4.40. The van der Waals surface area contributed by atoms with Crippen LogP contribution in [0.15, 0.2) is 30.6 Å². The van der Waals surface area contributed by atoms with E-state index in [2.05, 4.69) is 15.2 Å². The van der Waals surface area contributed by atoms with Gasteiger partial charge in [-0.15, -0.1) is 10.2 Å². The first kappa shape index (κ1) is 23.6. The number of aliphatic hydroxyl groups is 1. The van der Waals surface area contributed by atoms with Crippen molar-refractivity contribution in [2.24, 2.45) is 5.73 Å². The maximum Gasteiger partial charge on any atom is 0.417 e. The van der Waals surface area contributed by atoms with Gasteiger partial charge in [-0.3, -0.25) is 0 Å². The SMILES string of the molecule is NC(O)CCOc1cc(Cl)c(-c2nnc(-c3cn4cc(C(F)(F)F)cc(Cl)c4n3)s2)cc1F. The average molecular weight is 522 g/mol. The number of alkyl halides is 3. The molecule has 0 fully saturated rings. The molecule has 0 amide bonds. The fraction of sp³-hybridized carbons (Fsp3) is 0.211. The molecule has 0 aliphatic rings. The van der Waals surface area contributed by atoms with Crippen LogP contribution in [0.2, 0.25) is 10.0 Å². The third-order valence-corrected chi connectivity index (χ3v) is 5.97. The minimum Gasteiger partial charge on any atom is -0.490 e. The van der Waals surface area contributed by atoms with E-state index in [9.17, 15) is 17.6 Å². The lowest BCUT2D eigenvalue weighted by atomic mass is 10.2. The summed E-state index contributed by atoms with van der Waals surface area (Å²) in [4.78, 5) is 4.23. The molecule has 0 saturated carbocycles. The summed E-state index contributed by atoms with van der Waals surface area (Å²) >= 11 is 13.2. The largest absolute Gasteiger partial charge is 0.490 e. The molecule has 0 spiro atoms.